The number of aliphatic hydroxyl groups is 1. The zero-order valence-corrected chi connectivity index (χ0v) is 17.1. The van der Waals surface area contributed by atoms with Gasteiger partial charge in [-0.1, -0.05) is 0 Å². The topological polar surface area (TPSA) is 123 Å². The Morgan fingerprint density at radius 2 is 2.30 bits per heavy atom. The van der Waals surface area contributed by atoms with E-state index in [1.807, 2.05) is 6.07 Å². The van der Waals surface area contributed by atoms with E-state index in [-0.39, 0.29) is 11.9 Å². The van der Waals surface area contributed by atoms with Crippen molar-refractivity contribution in [3.05, 3.63) is 35.5 Å². The van der Waals surface area contributed by atoms with E-state index in [4.69, 9.17) is 9.72 Å². The Labute approximate surface area is 174 Å². The molecule has 3 aliphatic heterocycles. The maximum atomic E-state index is 12.9. The quantitative estimate of drug-likeness (QED) is 0.498. The summed E-state index contributed by atoms with van der Waals surface area (Å²) >= 11 is 0. The van der Waals surface area contributed by atoms with Crippen molar-refractivity contribution >= 4 is 22.5 Å². The standard InChI is InChI=1S/C22H25N5O3/c1-22(2,29)6-7-24-21(28)16-11-25-18-15-4-3-13(10-23)9-17(15)27-20(18)19(16)26-14-5-8-30-12-14/h3-4,9,11,14,25-26,29H,5-8,12H2,1-2H3,(H,24,28)/t14-/m0/s1. The van der Waals surface area contributed by atoms with Gasteiger partial charge in [-0.25, -0.2) is 4.98 Å². The van der Waals surface area contributed by atoms with Gasteiger partial charge in [-0.2, -0.15) is 5.26 Å². The first kappa shape index (κ1) is 20.1. The summed E-state index contributed by atoms with van der Waals surface area (Å²) < 4.78 is 5.48. The number of ether oxygens (including phenoxy) is 1. The molecule has 0 saturated carbocycles. The largest absolute Gasteiger partial charge is 0.390 e. The number of amides is 1. The molecule has 4 rings (SSSR count). The van der Waals surface area contributed by atoms with E-state index in [1.54, 1.807) is 32.2 Å². The van der Waals surface area contributed by atoms with E-state index in [2.05, 4.69) is 21.7 Å². The molecule has 8 heteroatoms. The Balaban J connectivity index is 1.74. The van der Waals surface area contributed by atoms with Crippen molar-refractivity contribution < 1.29 is 14.6 Å². The summed E-state index contributed by atoms with van der Waals surface area (Å²) in [5.41, 5.74) is 2.95. The second-order valence-electron chi connectivity index (χ2n) is 8.28. The van der Waals surface area contributed by atoms with Crippen molar-refractivity contribution in [1.29, 1.82) is 5.26 Å². The number of nitriles is 1. The number of H-pyrrole nitrogens is 1. The van der Waals surface area contributed by atoms with E-state index >= 15 is 0 Å². The Morgan fingerprint density at radius 1 is 1.47 bits per heavy atom. The van der Waals surface area contributed by atoms with Crippen molar-refractivity contribution in [3.63, 3.8) is 0 Å². The molecule has 30 heavy (non-hydrogen) atoms. The van der Waals surface area contributed by atoms with Crippen LogP contribution < -0.4 is 10.6 Å². The number of hydrogen-bond donors (Lipinski definition) is 4. The molecule has 8 nitrogen and oxygen atoms in total. The number of pyridine rings is 1. The summed E-state index contributed by atoms with van der Waals surface area (Å²) in [6.07, 6.45) is 2.97. The molecule has 1 amide bonds. The molecule has 3 heterocycles. The summed E-state index contributed by atoms with van der Waals surface area (Å²) in [6.45, 7) is 5.02. The van der Waals surface area contributed by atoms with E-state index in [1.165, 1.54) is 0 Å². The summed E-state index contributed by atoms with van der Waals surface area (Å²) in [7, 11) is 0. The number of hydrogen-bond acceptors (Lipinski definition) is 6. The molecule has 156 valence electrons. The first-order valence-corrected chi connectivity index (χ1v) is 10.1. The Hall–Kier alpha value is -3.15. The predicted molar refractivity (Wildman–Crippen MR) is 114 cm³/mol. The molecule has 3 aliphatic rings. The number of nitrogens with zero attached hydrogens (tertiary/aromatic N) is 2. The molecular weight excluding hydrogens is 382 g/mol. The molecule has 0 aliphatic carbocycles. The third-order valence-corrected chi connectivity index (χ3v) is 5.28. The Bertz CT molecular complexity index is 1090. The molecular formula is C22H25N5O3. The predicted octanol–water partition coefficient (Wildman–Crippen LogP) is 2.63. The maximum absolute atomic E-state index is 12.9. The van der Waals surface area contributed by atoms with Gasteiger partial charge in [0.2, 0.25) is 0 Å². The van der Waals surface area contributed by atoms with E-state index in [0.29, 0.717) is 54.2 Å². The summed E-state index contributed by atoms with van der Waals surface area (Å²) in [5, 5.41) is 26.3. The van der Waals surface area contributed by atoms with Crippen LogP contribution in [0, 0.1) is 11.3 Å². The van der Waals surface area contributed by atoms with Crippen LogP contribution in [0.3, 0.4) is 0 Å². The van der Waals surface area contributed by atoms with Gasteiger partial charge in [0.05, 0.1) is 52.3 Å². The average Bonchev–Trinajstić information content (AvgIpc) is 3.34. The minimum atomic E-state index is -0.852. The van der Waals surface area contributed by atoms with Crippen molar-refractivity contribution in [3.8, 4) is 17.5 Å². The normalized spacial score (nSPS) is 16.7. The second kappa shape index (κ2) is 7.94. The third kappa shape index (κ3) is 4.08. The van der Waals surface area contributed by atoms with Crippen LogP contribution in [-0.4, -0.2) is 52.4 Å². The molecule has 0 aromatic heterocycles. The molecule has 1 atom stereocenters. The lowest BCUT2D eigenvalue weighted by atomic mass is 10.0. The van der Waals surface area contributed by atoms with E-state index < -0.39 is 5.60 Å². The molecule has 1 aromatic rings. The molecule has 1 fully saturated rings. The maximum Gasteiger partial charge on any atom is 0.254 e. The number of fused-ring (bicyclic) bond motifs is 3. The average molecular weight is 407 g/mol. The number of rotatable bonds is 6. The van der Waals surface area contributed by atoms with Gasteiger partial charge in [-0.15, -0.1) is 0 Å². The summed E-state index contributed by atoms with van der Waals surface area (Å²) in [6, 6.07) is 7.59. The van der Waals surface area contributed by atoms with Gasteiger partial charge in [0.1, 0.15) is 5.69 Å². The third-order valence-electron chi connectivity index (χ3n) is 5.28. The van der Waals surface area contributed by atoms with Crippen LogP contribution in [0.1, 0.15) is 42.6 Å². The number of aromatic amines is 1. The first-order chi connectivity index (χ1) is 14.4. The number of benzene rings is 1. The highest BCUT2D eigenvalue weighted by atomic mass is 16.5. The Morgan fingerprint density at radius 3 is 3.00 bits per heavy atom. The van der Waals surface area contributed by atoms with E-state index in [9.17, 15) is 15.2 Å². The lowest BCUT2D eigenvalue weighted by Crippen LogP contribution is -2.32. The second-order valence-corrected chi connectivity index (χ2v) is 8.28. The van der Waals surface area contributed by atoms with Crippen LogP contribution in [-0.2, 0) is 4.74 Å². The van der Waals surface area contributed by atoms with Crippen molar-refractivity contribution in [2.45, 2.75) is 38.3 Å². The van der Waals surface area contributed by atoms with Gasteiger partial charge in [-0.3, -0.25) is 4.79 Å². The smallest absolute Gasteiger partial charge is 0.254 e. The van der Waals surface area contributed by atoms with Crippen LogP contribution in [0.5, 0.6) is 0 Å². The van der Waals surface area contributed by atoms with Crippen molar-refractivity contribution in [2.24, 2.45) is 0 Å². The van der Waals surface area contributed by atoms with Crippen LogP contribution in [0.4, 0.5) is 5.69 Å². The fraction of sp³-hybridized carbons (Fsp3) is 0.409. The molecule has 0 radical (unpaired) electrons. The van der Waals surface area contributed by atoms with Gasteiger partial charge < -0.3 is 25.5 Å². The highest BCUT2D eigenvalue weighted by Gasteiger charge is 2.26. The van der Waals surface area contributed by atoms with Gasteiger partial charge in [0.15, 0.2) is 0 Å². The lowest BCUT2D eigenvalue weighted by molar-refractivity contribution is 0.0693. The first-order valence-electron chi connectivity index (χ1n) is 10.1. The van der Waals surface area contributed by atoms with E-state index in [0.717, 1.165) is 17.5 Å². The Kier molecular flexibility index (Phi) is 5.33. The molecule has 1 saturated heterocycles. The minimum absolute atomic E-state index is 0.0907. The van der Waals surface area contributed by atoms with Crippen molar-refractivity contribution in [1.82, 2.24) is 15.3 Å². The van der Waals surface area contributed by atoms with Gasteiger partial charge >= 0.3 is 0 Å². The number of nitrogens with one attached hydrogen (secondary N) is 3. The van der Waals surface area contributed by atoms with Crippen LogP contribution in [0.15, 0.2) is 24.4 Å². The lowest BCUT2D eigenvalue weighted by Gasteiger charge is -2.20. The molecule has 0 unspecified atom stereocenters. The summed E-state index contributed by atoms with van der Waals surface area (Å²) in [5.74, 6) is -0.247. The molecule has 0 bridgehead atoms. The fourth-order valence-electron chi connectivity index (χ4n) is 3.63. The monoisotopic (exact) mass is 407 g/mol. The molecule has 1 aromatic carbocycles. The van der Waals surface area contributed by atoms with Crippen LogP contribution in [0.25, 0.3) is 22.3 Å². The number of carbonyl (C=O) groups is 1. The SMILES string of the molecule is CC(C)(O)CCNC(=O)c1c[nH]c2c3ccc(C#N)cc3nc-2c1N[C@H]1CCOC1. The highest BCUT2D eigenvalue weighted by Crippen LogP contribution is 2.37. The fourth-order valence-corrected chi connectivity index (χ4v) is 3.63. The van der Waals surface area contributed by atoms with Crippen LogP contribution >= 0.6 is 0 Å². The zero-order valence-electron chi connectivity index (χ0n) is 17.1. The van der Waals surface area contributed by atoms with Gasteiger partial charge in [0, 0.05) is 24.7 Å². The number of aromatic nitrogens is 2. The van der Waals surface area contributed by atoms with Gasteiger partial charge in [0.25, 0.3) is 5.91 Å². The zero-order chi connectivity index (χ0) is 21.3. The summed E-state index contributed by atoms with van der Waals surface area (Å²) in [4.78, 5) is 20.9. The minimum Gasteiger partial charge on any atom is -0.390 e. The van der Waals surface area contributed by atoms with Crippen LogP contribution in [0.2, 0.25) is 0 Å². The number of carbonyl (C=O) groups excluding carboxylic acids is 1. The van der Waals surface area contributed by atoms with Crippen molar-refractivity contribution in [2.75, 3.05) is 25.1 Å². The number of anilines is 1. The highest BCUT2D eigenvalue weighted by molar-refractivity contribution is 6.07. The molecule has 0 spiro atoms. The molecule has 4 N–H and O–H groups in total. The van der Waals surface area contributed by atoms with Gasteiger partial charge in [-0.05, 0) is 44.9 Å².